The van der Waals surface area contributed by atoms with E-state index in [0.29, 0.717) is 0 Å². The summed E-state index contributed by atoms with van der Waals surface area (Å²) in [4.78, 5) is 0. The molecule has 0 aliphatic heterocycles. The summed E-state index contributed by atoms with van der Waals surface area (Å²) in [5, 5.41) is 8.56. The summed E-state index contributed by atoms with van der Waals surface area (Å²) in [5.41, 5.74) is 5.59. The predicted molar refractivity (Wildman–Crippen MR) is 62.9 cm³/mol. The first-order valence-corrected chi connectivity index (χ1v) is 5.98. The van der Waals surface area contributed by atoms with Gasteiger partial charge in [0.15, 0.2) is 0 Å². The summed E-state index contributed by atoms with van der Waals surface area (Å²) < 4.78 is 0. The molecule has 0 radical (unpaired) electrons. The first-order chi connectivity index (χ1) is 6.83. The molecule has 84 valence electrons. The van der Waals surface area contributed by atoms with Gasteiger partial charge in [-0.05, 0) is 12.3 Å². The average Bonchev–Trinajstić information content (AvgIpc) is 2.49. The third-order valence-electron chi connectivity index (χ3n) is 2.73. The molecule has 0 aromatic heterocycles. The molecule has 0 aromatic carbocycles. The number of nitrogens with zero attached hydrogens (tertiary/aromatic N) is 1. The Hall–Kier alpha value is -0.550. The Labute approximate surface area is 90.0 Å². The lowest BCUT2D eigenvalue weighted by atomic mass is 9.93. The number of rotatable bonds is 2. The molecule has 1 aliphatic rings. The van der Waals surface area contributed by atoms with E-state index in [1.165, 1.54) is 38.5 Å². The Bertz CT molecular complexity index is 157. The number of hydrogen-bond donors (Lipinski definition) is 1. The van der Waals surface area contributed by atoms with Crippen molar-refractivity contribution in [2.45, 2.75) is 64.8 Å². The van der Waals surface area contributed by atoms with Crippen molar-refractivity contribution < 1.29 is 1.43 Å². The van der Waals surface area contributed by atoms with E-state index in [1.807, 2.05) is 13.8 Å². The summed E-state index contributed by atoms with van der Waals surface area (Å²) in [6.45, 7) is 4.00. The highest BCUT2D eigenvalue weighted by Crippen LogP contribution is 2.25. The van der Waals surface area contributed by atoms with Crippen LogP contribution in [-0.2, 0) is 0 Å². The summed E-state index contributed by atoms with van der Waals surface area (Å²) in [7, 11) is 0. The molecule has 14 heavy (non-hydrogen) atoms. The normalized spacial score (nSPS) is 19.9. The van der Waals surface area contributed by atoms with Crippen LogP contribution in [0.4, 0.5) is 0 Å². The average molecular weight is 198 g/mol. The zero-order valence-corrected chi connectivity index (χ0v) is 9.63. The van der Waals surface area contributed by atoms with Crippen LogP contribution in [0.3, 0.4) is 0 Å². The van der Waals surface area contributed by atoms with Crippen LogP contribution in [-0.4, -0.2) is 6.04 Å². The van der Waals surface area contributed by atoms with E-state index in [0.717, 1.165) is 12.3 Å². The molecule has 1 rings (SSSR count). The second kappa shape index (κ2) is 9.02. The van der Waals surface area contributed by atoms with Gasteiger partial charge in [-0.15, -0.1) is 0 Å². The highest BCUT2D eigenvalue weighted by molar-refractivity contribution is 4.88. The minimum Gasteiger partial charge on any atom is -0.316 e. The second-order valence-corrected chi connectivity index (χ2v) is 3.83. The summed E-state index contributed by atoms with van der Waals surface area (Å²) >= 11 is 0. The second-order valence-electron chi connectivity index (χ2n) is 3.83. The van der Waals surface area contributed by atoms with Crippen molar-refractivity contribution in [2.24, 2.45) is 11.7 Å². The van der Waals surface area contributed by atoms with E-state index in [9.17, 15) is 0 Å². The summed E-state index contributed by atoms with van der Waals surface area (Å²) in [6, 6.07) is 1.88. The molecule has 1 saturated carbocycles. The molecular formula is C12H26N2. The summed E-state index contributed by atoms with van der Waals surface area (Å²) in [6.07, 6.45) is 8.91. The molecular weight excluding hydrogens is 172 g/mol. The summed E-state index contributed by atoms with van der Waals surface area (Å²) in [5.74, 6) is 0.724. The van der Waals surface area contributed by atoms with Crippen LogP contribution in [0.2, 0.25) is 0 Å². The fourth-order valence-electron chi connectivity index (χ4n) is 2.01. The Morgan fingerprint density at radius 3 is 2.21 bits per heavy atom. The van der Waals surface area contributed by atoms with Gasteiger partial charge >= 0.3 is 0 Å². The number of hydrogen-bond acceptors (Lipinski definition) is 2. The molecule has 0 bridgehead atoms. The van der Waals surface area contributed by atoms with Crippen molar-refractivity contribution in [3.63, 3.8) is 0 Å². The van der Waals surface area contributed by atoms with Crippen LogP contribution < -0.4 is 5.73 Å². The topological polar surface area (TPSA) is 49.8 Å². The largest absolute Gasteiger partial charge is 0.316 e. The molecule has 0 heterocycles. The van der Waals surface area contributed by atoms with Gasteiger partial charge in [0.2, 0.25) is 0 Å². The molecule has 1 atom stereocenters. The fourth-order valence-corrected chi connectivity index (χ4v) is 2.01. The highest BCUT2D eigenvalue weighted by atomic mass is 14.6. The Balaban J connectivity index is 0. The van der Waals surface area contributed by atoms with Gasteiger partial charge in [-0.1, -0.05) is 52.4 Å². The van der Waals surface area contributed by atoms with Crippen LogP contribution in [0.15, 0.2) is 0 Å². The lowest BCUT2D eigenvalue weighted by Crippen LogP contribution is -2.21. The quantitative estimate of drug-likeness (QED) is 0.691. The van der Waals surface area contributed by atoms with Gasteiger partial charge in [-0.2, -0.15) is 5.26 Å². The molecule has 0 saturated heterocycles. The van der Waals surface area contributed by atoms with Gasteiger partial charge in [0.25, 0.3) is 0 Å². The van der Waals surface area contributed by atoms with Gasteiger partial charge in [0.05, 0.1) is 12.1 Å². The van der Waals surface area contributed by atoms with E-state index in [1.54, 1.807) is 0 Å². The van der Waals surface area contributed by atoms with Crippen LogP contribution in [0, 0.1) is 17.2 Å². The zero-order valence-electron chi connectivity index (χ0n) is 9.63. The van der Waals surface area contributed by atoms with Crippen molar-refractivity contribution in [3.8, 4) is 6.07 Å². The predicted octanol–water partition coefficient (Wildman–Crippen LogP) is 3.47. The van der Waals surface area contributed by atoms with Gasteiger partial charge < -0.3 is 5.73 Å². The van der Waals surface area contributed by atoms with E-state index in [2.05, 4.69) is 6.07 Å². The Morgan fingerprint density at radius 2 is 1.79 bits per heavy atom. The third-order valence-corrected chi connectivity index (χ3v) is 2.73. The monoisotopic (exact) mass is 198 g/mol. The molecule has 2 N–H and O–H groups in total. The Morgan fingerprint density at radius 1 is 1.29 bits per heavy atom. The van der Waals surface area contributed by atoms with Gasteiger partial charge in [-0.25, -0.2) is 0 Å². The van der Waals surface area contributed by atoms with Gasteiger partial charge in [-0.3, -0.25) is 0 Å². The van der Waals surface area contributed by atoms with Crippen LogP contribution >= 0.6 is 0 Å². The zero-order chi connectivity index (χ0) is 10.8. The minimum absolute atomic E-state index is 0. The molecule has 1 fully saturated rings. The first-order valence-electron chi connectivity index (χ1n) is 5.98. The van der Waals surface area contributed by atoms with Gasteiger partial charge in [0.1, 0.15) is 0 Å². The molecule has 2 heteroatoms. The van der Waals surface area contributed by atoms with E-state index < -0.39 is 0 Å². The van der Waals surface area contributed by atoms with Crippen molar-refractivity contribution in [3.05, 3.63) is 0 Å². The smallest absolute Gasteiger partial charge is 0.0930 e. The van der Waals surface area contributed by atoms with Crippen molar-refractivity contribution in [2.75, 3.05) is 0 Å². The van der Waals surface area contributed by atoms with Crippen molar-refractivity contribution in [1.82, 2.24) is 0 Å². The lowest BCUT2D eigenvalue weighted by Gasteiger charge is -2.14. The van der Waals surface area contributed by atoms with E-state index in [4.69, 9.17) is 11.0 Å². The number of nitrogens with two attached hydrogens (primary N) is 1. The van der Waals surface area contributed by atoms with Crippen molar-refractivity contribution >= 4 is 0 Å². The maximum Gasteiger partial charge on any atom is 0.0930 e. The van der Waals surface area contributed by atoms with Crippen LogP contribution in [0.25, 0.3) is 0 Å². The first kappa shape index (κ1) is 13.4. The van der Waals surface area contributed by atoms with Gasteiger partial charge in [0, 0.05) is 1.43 Å². The third kappa shape index (κ3) is 5.99. The fraction of sp³-hybridized carbons (Fsp3) is 0.917. The van der Waals surface area contributed by atoms with E-state index >= 15 is 0 Å². The van der Waals surface area contributed by atoms with E-state index in [-0.39, 0.29) is 7.47 Å². The lowest BCUT2D eigenvalue weighted by molar-refractivity contribution is 0.413. The molecule has 0 amide bonds. The Kier molecular flexibility index (Phi) is 8.67. The maximum atomic E-state index is 8.56. The molecule has 1 aliphatic carbocycles. The highest BCUT2D eigenvalue weighted by Gasteiger charge is 2.14. The number of nitriles is 1. The standard InChI is InChI=1S/C10H18N2.C2H6.H2/c11-8-10(12)7-9-5-3-1-2-4-6-9;1-2;/h9-10H,1-7,12H2;1-2H3;1H. The molecule has 0 aromatic rings. The maximum absolute atomic E-state index is 8.56. The SMILES string of the molecule is CC.N#CC(N)CC1CCCCCC1.[HH]. The molecule has 0 spiro atoms. The van der Waals surface area contributed by atoms with Crippen LogP contribution in [0.1, 0.15) is 60.2 Å². The molecule has 2 nitrogen and oxygen atoms in total. The molecule has 1 unspecified atom stereocenters. The van der Waals surface area contributed by atoms with Crippen LogP contribution in [0.5, 0.6) is 0 Å². The minimum atomic E-state index is -0.229. The van der Waals surface area contributed by atoms with Crippen molar-refractivity contribution in [1.29, 1.82) is 5.26 Å².